The fourth-order valence-electron chi connectivity index (χ4n) is 1.42. The lowest BCUT2D eigenvalue weighted by atomic mass is 10.2. The van der Waals surface area contributed by atoms with Gasteiger partial charge in [0.25, 0.3) is 0 Å². The maximum absolute atomic E-state index is 11.8. The van der Waals surface area contributed by atoms with E-state index in [1.807, 2.05) is 32.9 Å². The molecule has 0 fully saturated rings. The molecule has 0 amide bonds. The molecule has 0 bridgehead atoms. The molecule has 0 aromatic heterocycles. The van der Waals surface area contributed by atoms with E-state index in [2.05, 4.69) is 4.72 Å². The van der Waals surface area contributed by atoms with Crippen molar-refractivity contribution in [2.24, 2.45) is 0 Å². The smallest absolute Gasteiger partial charge is 0.211 e. The highest BCUT2D eigenvalue weighted by atomic mass is 32.2. The molecule has 0 radical (unpaired) electrons. The predicted molar refractivity (Wildman–Crippen MR) is 61.4 cm³/mol. The van der Waals surface area contributed by atoms with Gasteiger partial charge in [-0.1, -0.05) is 24.6 Å². The maximum Gasteiger partial charge on any atom is 0.240 e. The first-order chi connectivity index (χ1) is 6.97. The zero-order valence-electron chi connectivity index (χ0n) is 9.37. The van der Waals surface area contributed by atoms with Crippen LogP contribution in [0, 0.1) is 13.8 Å². The second-order valence-electron chi connectivity index (χ2n) is 3.67. The van der Waals surface area contributed by atoms with Crippen molar-refractivity contribution >= 4 is 10.0 Å². The van der Waals surface area contributed by atoms with Crippen molar-refractivity contribution < 1.29 is 8.42 Å². The van der Waals surface area contributed by atoms with Crippen LogP contribution in [-0.4, -0.2) is 15.0 Å². The van der Waals surface area contributed by atoms with Gasteiger partial charge in [0.15, 0.2) is 0 Å². The highest BCUT2D eigenvalue weighted by molar-refractivity contribution is 7.89. The van der Waals surface area contributed by atoms with Gasteiger partial charge < -0.3 is 0 Å². The molecule has 0 unspecified atom stereocenters. The predicted octanol–water partition coefficient (Wildman–Crippen LogP) is 1.99. The number of rotatable bonds is 4. The van der Waals surface area contributed by atoms with Crippen LogP contribution in [0.15, 0.2) is 23.1 Å². The monoisotopic (exact) mass is 227 g/mol. The van der Waals surface area contributed by atoms with Crippen LogP contribution in [0.1, 0.15) is 24.5 Å². The summed E-state index contributed by atoms with van der Waals surface area (Å²) in [7, 11) is -3.32. The van der Waals surface area contributed by atoms with E-state index in [0.717, 1.165) is 17.5 Å². The van der Waals surface area contributed by atoms with Gasteiger partial charge in [0.05, 0.1) is 4.90 Å². The lowest BCUT2D eigenvalue weighted by Gasteiger charge is -2.08. The average molecular weight is 227 g/mol. The van der Waals surface area contributed by atoms with E-state index in [1.165, 1.54) is 0 Å². The molecule has 0 aliphatic heterocycles. The molecular formula is C11H17NO2S. The second-order valence-corrected chi connectivity index (χ2v) is 5.40. The van der Waals surface area contributed by atoms with E-state index in [4.69, 9.17) is 0 Å². The van der Waals surface area contributed by atoms with E-state index in [0.29, 0.717) is 11.4 Å². The normalized spacial score (nSPS) is 11.7. The van der Waals surface area contributed by atoms with Crippen LogP contribution >= 0.6 is 0 Å². The van der Waals surface area contributed by atoms with Crippen LogP contribution < -0.4 is 4.72 Å². The summed E-state index contributed by atoms with van der Waals surface area (Å²) in [6, 6.07) is 5.34. The summed E-state index contributed by atoms with van der Waals surface area (Å²) >= 11 is 0. The molecule has 1 N–H and O–H groups in total. The fraction of sp³-hybridized carbons (Fsp3) is 0.455. The van der Waals surface area contributed by atoms with E-state index in [1.54, 1.807) is 6.07 Å². The Labute approximate surface area is 91.6 Å². The minimum atomic E-state index is -3.32. The highest BCUT2D eigenvalue weighted by Crippen LogP contribution is 2.15. The first-order valence-electron chi connectivity index (χ1n) is 5.04. The lowest BCUT2D eigenvalue weighted by Crippen LogP contribution is -2.25. The summed E-state index contributed by atoms with van der Waals surface area (Å²) in [6.45, 7) is 6.18. The Morgan fingerprint density at radius 2 is 1.93 bits per heavy atom. The summed E-state index contributed by atoms with van der Waals surface area (Å²) in [4.78, 5) is 0.376. The van der Waals surface area contributed by atoms with Crippen molar-refractivity contribution in [2.45, 2.75) is 32.1 Å². The minimum Gasteiger partial charge on any atom is -0.211 e. The fourth-order valence-corrected chi connectivity index (χ4v) is 2.77. The molecule has 0 aliphatic rings. The Balaban J connectivity index is 3.05. The molecule has 1 aromatic carbocycles. The first kappa shape index (κ1) is 12.2. The van der Waals surface area contributed by atoms with Crippen molar-refractivity contribution in [3.63, 3.8) is 0 Å². The number of benzene rings is 1. The first-order valence-corrected chi connectivity index (χ1v) is 6.52. The molecule has 0 saturated heterocycles. The van der Waals surface area contributed by atoms with Crippen molar-refractivity contribution in [3.8, 4) is 0 Å². The number of sulfonamides is 1. The molecule has 3 nitrogen and oxygen atoms in total. The van der Waals surface area contributed by atoms with E-state index in [9.17, 15) is 8.42 Å². The zero-order valence-corrected chi connectivity index (χ0v) is 10.2. The molecule has 15 heavy (non-hydrogen) atoms. The van der Waals surface area contributed by atoms with Crippen LogP contribution in [0.25, 0.3) is 0 Å². The third-order valence-corrected chi connectivity index (χ3v) is 3.78. The Morgan fingerprint density at radius 1 is 1.27 bits per heavy atom. The summed E-state index contributed by atoms with van der Waals surface area (Å²) < 4.78 is 26.2. The molecule has 0 aliphatic carbocycles. The maximum atomic E-state index is 11.8. The number of aryl methyl sites for hydroxylation is 2. The van der Waals surface area contributed by atoms with Crippen LogP contribution in [0.5, 0.6) is 0 Å². The molecule has 84 valence electrons. The Morgan fingerprint density at radius 3 is 2.47 bits per heavy atom. The van der Waals surface area contributed by atoms with Crippen LogP contribution in [0.4, 0.5) is 0 Å². The lowest BCUT2D eigenvalue weighted by molar-refractivity contribution is 0.580. The number of nitrogens with one attached hydrogen (secondary N) is 1. The standard InChI is InChI=1S/C11H17NO2S/c1-4-7-12-15(13,14)11-6-5-9(2)8-10(11)3/h5-6,8,12H,4,7H2,1-3H3. The van der Waals surface area contributed by atoms with Crippen molar-refractivity contribution in [2.75, 3.05) is 6.54 Å². The van der Waals surface area contributed by atoms with Crippen molar-refractivity contribution in [3.05, 3.63) is 29.3 Å². The molecule has 1 aromatic rings. The topological polar surface area (TPSA) is 46.2 Å². The molecule has 4 heteroatoms. The summed E-state index contributed by atoms with van der Waals surface area (Å²) in [5.74, 6) is 0. The van der Waals surface area contributed by atoms with E-state index in [-0.39, 0.29) is 0 Å². The molecule has 0 atom stereocenters. The third-order valence-electron chi connectivity index (χ3n) is 2.16. The van der Waals surface area contributed by atoms with Gasteiger partial charge >= 0.3 is 0 Å². The van der Waals surface area contributed by atoms with Crippen molar-refractivity contribution in [1.82, 2.24) is 4.72 Å². The van der Waals surface area contributed by atoms with Gasteiger partial charge in [-0.05, 0) is 31.9 Å². The summed E-state index contributed by atoms with van der Waals surface area (Å²) in [6.07, 6.45) is 0.796. The van der Waals surface area contributed by atoms with Gasteiger partial charge in [-0.25, -0.2) is 13.1 Å². The molecule has 0 saturated carbocycles. The SMILES string of the molecule is CCCNS(=O)(=O)c1ccc(C)cc1C. The average Bonchev–Trinajstić information content (AvgIpc) is 2.14. The van der Waals surface area contributed by atoms with E-state index >= 15 is 0 Å². The molecule has 0 spiro atoms. The summed E-state index contributed by atoms with van der Waals surface area (Å²) in [5.41, 5.74) is 1.86. The van der Waals surface area contributed by atoms with Gasteiger partial charge in [-0.3, -0.25) is 0 Å². The van der Waals surface area contributed by atoms with Gasteiger partial charge in [0.2, 0.25) is 10.0 Å². The molecular weight excluding hydrogens is 210 g/mol. The van der Waals surface area contributed by atoms with Gasteiger partial charge in [-0.2, -0.15) is 0 Å². The number of hydrogen-bond acceptors (Lipinski definition) is 2. The van der Waals surface area contributed by atoms with Crippen LogP contribution in [0.2, 0.25) is 0 Å². The number of hydrogen-bond donors (Lipinski definition) is 1. The van der Waals surface area contributed by atoms with Gasteiger partial charge in [0.1, 0.15) is 0 Å². The molecule has 1 rings (SSSR count). The Hall–Kier alpha value is -0.870. The second kappa shape index (κ2) is 4.77. The quantitative estimate of drug-likeness (QED) is 0.855. The largest absolute Gasteiger partial charge is 0.240 e. The minimum absolute atomic E-state index is 0.376. The van der Waals surface area contributed by atoms with Gasteiger partial charge in [-0.15, -0.1) is 0 Å². The van der Waals surface area contributed by atoms with Crippen LogP contribution in [-0.2, 0) is 10.0 Å². The van der Waals surface area contributed by atoms with Gasteiger partial charge in [0, 0.05) is 6.54 Å². The van der Waals surface area contributed by atoms with E-state index < -0.39 is 10.0 Å². The Bertz CT molecular complexity index is 438. The Kier molecular flexibility index (Phi) is 3.88. The summed E-state index contributed by atoms with van der Waals surface area (Å²) in [5, 5.41) is 0. The highest BCUT2D eigenvalue weighted by Gasteiger charge is 2.15. The van der Waals surface area contributed by atoms with Crippen LogP contribution in [0.3, 0.4) is 0 Å². The zero-order chi connectivity index (χ0) is 11.5. The van der Waals surface area contributed by atoms with Crippen molar-refractivity contribution in [1.29, 1.82) is 0 Å². The third kappa shape index (κ3) is 3.04. The molecule has 0 heterocycles.